The van der Waals surface area contributed by atoms with Gasteiger partial charge in [-0.2, -0.15) is 0 Å². The Morgan fingerprint density at radius 1 is 0.967 bits per heavy atom. The maximum absolute atomic E-state index is 5.56. The number of likely N-dealkylation sites (tertiary alicyclic amines) is 1. The average Bonchev–Trinajstić information content (AvgIpc) is 3.02. The minimum Gasteiger partial charge on any atom is -0.493 e. The number of hydrogen-bond acceptors (Lipinski definition) is 5. The maximum atomic E-state index is 5.56. The fourth-order valence-corrected chi connectivity index (χ4v) is 3.66. The summed E-state index contributed by atoms with van der Waals surface area (Å²) in [5, 5.41) is 6.77. The van der Waals surface area contributed by atoms with Crippen LogP contribution in [0.4, 0.5) is 0 Å². The van der Waals surface area contributed by atoms with Crippen molar-refractivity contribution in [2.45, 2.75) is 45.6 Å². The van der Waals surface area contributed by atoms with Crippen molar-refractivity contribution in [1.29, 1.82) is 0 Å². The summed E-state index contributed by atoms with van der Waals surface area (Å²) >= 11 is 0. The molecule has 1 aromatic carbocycles. The number of nitrogens with one attached hydrogen (secondary N) is 2. The van der Waals surface area contributed by atoms with Crippen LogP contribution in [0.2, 0.25) is 0 Å². The molecule has 2 N–H and O–H groups in total. The minimum atomic E-state index is 0. The molecule has 0 unspecified atom stereocenters. The Kier molecular flexibility index (Phi) is 13.7. The quantitative estimate of drug-likeness (QED) is 0.207. The number of methoxy groups -OCH3 is 3. The SMILES string of the molecule is CCNC(=NCc1ccc(OC)c(OC)c1OC)NCCCN1CCCCCC1.I. The lowest BCUT2D eigenvalue weighted by Gasteiger charge is -2.20. The van der Waals surface area contributed by atoms with E-state index in [0.29, 0.717) is 23.8 Å². The van der Waals surface area contributed by atoms with E-state index in [1.54, 1.807) is 21.3 Å². The Balaban J connectivity index is 0.00000450. The van der Waals surface area contributed by atoms with E-state index in [2.05, 4.69) is 22.5 Å². The first-order valence-corrected chi connectivity index (χ1v) is 10.8. The minimum absolute atomic E-state index is 0. The van der Waals surface area contributed by atoms with Gasteiger partial charge in [0.25, 0.3) is 0 Å². The lowest BCUT2D eigenvalue weighted by Crippen LogP contribution is -2.39. The highest BCUT2D eigenvalue weighted by Crippen LogP contribution is 2.39. The Morgan fingerprint density at radius 3 is 2.27 bits per heavy atom. The molecule has 1 aromatic rings. The molecule has 1 fully saturated rings. The second kappa shape index (κ2) is 15.4. The van der Waals surface area contributed by atoms with Crippen molar-refractivity contribution in [3.63, 3.8) is 0 Å². The van der Waals surface area contributed by atoms with Crippen LogP contribution in [-0.2, 0) is 6.54 Å². The Morgan fingerprint density at radius 2 is 1.67 bits per heavy atom. The smallest absolute Gasteiger partial charge is 0.203 e. The van der Waals surface area contributed by atoms with Gasteiger partial charge >= 0.3 is 0 Å². The first-order chi connectivity index (χ1) is 14.2. The summed E-state index contributed by atoms with van der Waals surface area (Å²) in [6, 6.07) is 3.85. The van der Waals surface area contributed by atoms with Gasteiger partial charge in [-0.1, -0.05) is 12.8 Å². The molecule has 2 rings (SSSR count). The molecule has 30 heavy (non-hydrogen) atoms. The van der Waals surface area contributed by atoms with Crippen LogP contribution in [-0.4, -0.2) is 64.9 Å². The van der Waals surface area contributed by atoms with E-state index in [-0.39, 0.29) is 24.0 Å². The van der Waals surface area contributed by atoms with Crippen LogP contribution in [0.15, 0.2) is 17.1 Å². The Labute approximate surface area is 199 Å². The molecule has 0 bridgehead atoms. The summed E-state index contributed by atoms with van der Waals surface area (Å²) in [6.45, 7) is 7.93. The topological polar surface area (TPSA) is 67.4 Å². The fraction of sp³-hybridized carbons (Fsp3) is 0.682. The largest absolute Gasteiger partial charge is 0.493 e. The third-order valence-electron chi connectivity index (χ3n) is 5.18. The van der Waals surface area contributed by atoms with Gasteiger partial charge < -0.3 is 29.7 Å². The fourth-order valence-electron chi connectivity index (χ4n) is 3.66. The number of ether oxygens (including phenoxy) is 3. The third kappa shape index (κ3) is 8.37. The molecule has 7 nitrogen and oxygen atoms in total. The van der Waals surface area contributed by atoms with Crippen molar-refractivity contribution in [2.24, 2.45) is 4.99 Å². The number of benzene rings is 1. The van der Waals surface area contributed by atoms with E-state index in [1.165, 1.54) is 38.8 Å². The summed E-state index contributed by atoms with van der Waals surface area (Å²) in [6.07, 6.45) is 6.55. The third-order valence-corrected chi connectivity index (χ3v) is 5.18. The standard InChI is InChI=1S/C22H38N4O3.HI/c1-5-23-22(24-13-10-16-26-14-8-6-7-9-15-26)25-17-18-11-12-19(27-2)21(29-4)20(18)28-3;/h11-12H,5-10,13-17H2,1-4H3,(H2,23,24,25);1H. The predicted molar refractivity (Wildman–Crippen MR) is 134 cm³/mol. The molecule has 1 heterocycles. The van der Waals surface area contributed by atoms with Gasteiger partial charge in [-0.15, -0.1) is 24.0 Å². The molecular formula is C22H39IN4O3. The molecule has 1 saturated heterocycles. The van der Waals surface area contributed by atoms with Crippen molar-refractivity contribution in [3.05, 3.63) is 17.7 Å². The monoisotopic (exact) mass is 534 g/mol. The lowest BCUT2D eigenvalue weighted by molar-refractivity contribution is 0.282. The number of guanidine groups is 1. The summed E-state index contributed by atoms with van der Waals surface area (Å²) in [5.41, 5.74) is 0.951. The molecule has 0 saturated carbocycles. The second-order valence-electron chi connectivity index (χ2n) is 7.22. The molecular weight excluding hydrogens is 495 g/mol. The molecule has 0 aliphatic carbocycles. The van der Waals surface area contributed by atoms with Crippen molar-refractivity contribution < 1.29 is 14.2 Å². The molecule has 1 aliphatic rings. The van der Waals surface area contributed by atoms with Crippen molar-refractivity contribution in [1.82, 2.24) is 15.5 Å². The van der Waals surface area contributed by atoms with Crippen molar-refractivity contribution >= 4 is 29.9 Å². The van der Waals surface area contributed by atoms with Gasteiger partial charge in [0.1, 0.15) is 0 Å². The van der Waals surface area contributed by atoms with Crippen LogP contribution in [0.1, 0.15) is 44.6 Å². The zero-order valence-corrected chi connectivity index (χ0v) is 21.3. The molecule has 8 heteroatoms. The first kappa shape index (κ1) is 26.6. The van der Waals surface area contributed by atoms with Crippen LogP contribution < -0.4 is 24.8 Å². The van der Waals surface area contributed by atoms with Crippen molar-refractivity contribution in [2.75, 3.05) is 54.1 Å². The number of halogens is 1. The van der Waals surface area contributed by atoms with Crippen LogP contribution in [0.5, 0.6) is 17.2 Å². The van der Waals surface area contributed by atoms with E-state index in [9.17, 15) is 0 Å². The summed E-state index contributed by atoms with van der Waals surface area (Å²) in [4.78, 5) is 7.32. The molecule has 0 amide bonds. The van der Waals surface area contributed by atoms with Gasteiger partial charge in [0, 0.05) is 18.7 Å². The van der Waals surface area contributed by atoms with Crippen LogP contribution in [0.25, 0.3) is 0 Å². The zero-order chi connectivity index (χ0) is 20.9. The van der Waals surface area contributed by atoms with E-state index in [1.807, 2.05) is 12.1 Å². The summed E-state index contributed by atoms with van der Waals surface area (Å²) < 4.78 is 16.4. The number of hydrogen-bond donors (Lipinski definition) is 2. The number of aliphatic imine (C=N–C) groups is 1. The molecule has 172 valence electrons. The summed E-state index contributed by atoms with van der Waals surface area (Å²) in [5.74, 6) is 2.72. The predicted octanol–water partition coefficient (Wildman–Crippen LogP) is 3.65. The average molecular weight is 534 g/mol. The Bertz CT molecular complexity index is 635. The van der Waals surface area contributed by atoms with Gasteiger partial charge in [0.2, 0.25) is 5.75 Å². The van der Waals surface area contributed by atoms with E-state index in [0.717, 1.165) is 37.6 Å². The molecule has 1 aliphatic heterocycles. The van der Waals surface area contributed by atoms with E-state index < -0.39 is 0 Å². The van der Waals surface area contributed by atoms with Crippen molar-refractivity contribution in [3.8, 4) is 17.2 Å². The van der Waals surface area contributed by atoms with Gasteiger partial charge in [-0.05, 0) is 58.0 Å². The highest BCUT2D eigenvalue weighted by atomic mass is 127. The van der Waals surface area contributed by atoms with E-state index in [4.69, 9.17) is 19.2 Å². The van der Waals surface area contributed by atoms with E-state index >= 15 is 0 Å². The van der Waals surface area contributed by atoms with Crippen LogP contribution >= 0.6 is 24.0 Å². The van der Waals surface area contributed by atoms with Gasteiger partial charge in [-0.3, -0.25) is 0 Å². The lowest BCUT2D eigenvalue weighted by atomic mass is 10.1. The highest BCUT2D eigenvalue weighted by molar-refractivity contribution is 14.0. The highest BCUT2D eigenvalue weighted by Gasteiger charge is 2.15. The molecule has 0 atom stereocenters. The maximum Gasteiger partial charge on any atom is 0.203 e. The summed E-state index contributed by atoms with van der Waals surface area (Å²) in [7, 11) is 4.87. The number of nitrogens with zero attached hydrogens (tertiary/aromatic N) is 2. The Hall–Kier alpha value is -1.42. The molecule has 0 spiro atoms. The van der Waals surface area contributed by atoms with Crippen LogP contribution in [0.3, 0.4) is 0 Å². The number of rotatable bonds is 10. The first-order valence-electron chi connectivity index (χ1n) is 10.8. The normalized spacial score (nSPS) is 15.0. The second-order valence-corrected chi connectivity index (χ2v) is 7.22. The van der Waals surface area contributed by atoms with Gasteiger partial charge in [-0.25, -0.2) is 4.99 Å². The van der Waals surface area contributed by atoms with Gasteiger partial charge in [0.15, 0.2) is 17.5 Å². The zero-order valence-electron chi connectivity index (χ0n) is 19.0. The van der Waals surface area contributed by atoms with Crippen LogP contribution in [0, 0.1) is 0 Å². The van der Waals surface area contributed by atoms with Gasteiger partial charge in [0.05, 0.1) is 27.9 Å². The molecule has 0 aromatic heterocycles. The molecule has 0 radical (unpaired) electrons.